The molecule has 170 valence electrons. The molecule has 0 aliphatic carbocycles. The van der Waals surface area contributed by atoms with Crippen LogP contribution in [0.25, 0.3) is 0 Å². The number of nitrogens with one attached hydrogen (secondary N) is 1. The highest BCUT2D eigenvalue weighted by atomic mass is 19.1. The highest BCUT2D eigenvalue weighted by Gasteiger charge is 2.19. The molecule has 3 aromatic rings. The highest BCUT2D eigenvalue weighted by Crippen LogP contribution is 2.38. The smallest absolute Gasteiger partial charge is 0.343 e. The normalized spacial score (nSPS) is 10.5. The Kier molecular flexibility index (Phi) is 7.59. The van der Waals surface area contributed by atoms with Crippen molar-refractivity contribution in [1.82, 2.24) is 5.43 Å². The minimum absolute atomic E-state index is 0.120. The summed E-state index contributed by atoms with van der Waals surface area (Å²) in [7, 11) is 4.34. The van der Waals surface area contributed by atoms with E-state index in [1.807, 2.05) is 0 Å². The number of carbonyl (C=O) groups excluding carboxylic acids is 2. The van der Waals surface area contributed by atoms with Crippen LogP contribution >= 0.6 is 0 Å². The molecule has 1 N–H and O–H groups in total. The second-order valence-electron chi connectivity index (χ2n) is 6.55. The molecule has 33 heavy (non-hydrogen) atoms. The van der Waals surface area contributed by atoms with E-state index < -0.39 is 17.7 Å². The number of benzene rings is 3. The van der Waals surface area contributed by atoms with Crippen LogP contribution in [0.15, 0.2) is 65.8 Å². The number of para-hydroxylation sites is 1. The second kappa shape index (κ2) is 10.8. The van der Waals surface area contributed by atoms with E-state index in [-0.39, 0.29) is 16.9 Å². The quantitative estimate of drug-likeness (QED) is 0.242. The number of halogens is 1. The zero-order valence-corrected chi connectivity index (χ0v) is 18.1. The first-order valence-corrected chi connectivity index (χ1v) is 9.67. The molecule has 0 heterocycles. The van der Waals surface area contributed by atoms with Crippen molar-refractivity contribution in [3.05, 3.63) is 83.2 Å². The van der Waals surface area contributed by atoms with Crippen molar-refractivity contribution >= 4 is 18.1 Å². The topological polar surface area (TPSA) is 95.5 Å². The molecule has 0 saturated heterocycles. The number of esters is 1. The minimum Gasteiger partial charge on any atom is -0.493 e. The van der Waals surface area contributed by atoms with Crippen LogP contribution in [0.5, 0.6) is 23.0 Å². The molecule has 0 aliphatic rings. The van der Waals surface area contributed by atoms with Gasteiger partial charge in [-0.3, -0.25) is 4.79 Å². The first-order chi connectivity index (χ1) is 16.0. The van der Waals surface area contributed by atoms with Crippen molar-refractivity contribution < 1.29 is 32.9 Å². The fraction of sp³-hybridized carbons (Fsp3) is 0.125. The molecule has 3 rings (SSSR count). The predicted molar refractivity (Wildman–Crippen MR) is 119 cm³/mol. The SMILES string of the molecule is COc1cc(C(=O)Oc2ccccc2/C=N\NC(=O)c2cccc(F)c2)cc(OC)c1OC. The van der Waals surface area contributed by atoms with Gasteiger partial charge in [0.15, 0.2) is 11.5 Å². The summed E-state index contributed by atoms with van der Waals surface area (Å²) in [5, 5.41) is 3.87. The molecule has 0 aliphatic heterocycles. The zero-order valence-electron chi connectivity index (χ0n) is 18.1. The third kappa shape index (κ3) is 5.65. The first-order valence-electron chi connectivity index (χ1n) is 9.67. The van der Waals surface area contributed by atoms with Gasteiger partial charge in [0.1, 0.15) is 11.6 Å². The largest absolute Gasteiger partial charge is 0.493 e. The minimum atomic E-state index is -0.668. The summed E-state index contributed by atoms with van der Waals surface area (Å²) in [6, 6.07) is 14.8. The van der Waals surface area contributed by atoms with Crippen LogP contribution in [0.1, 0.15) is 26.3 Å². The Morgan fingerprint density at radius 2 is 1.55 bits per heavy atom. The fourth-order valence-electron chi connectivity index (χ4n) is 2.89. The van der Waals surface area contributed by atoms with Crippen LogP contribution in [0.4, 0.5) is 4.39 Å². The van der Waals surface area contributed by atoms with Gasteiger partial charge in [-0.2, -0.15) is 5.10 Å². The molecule has 9 heteroatoms. The van der Waals surface area contributed by atoms with Crippen molar-refractivity contribution in [3.63, 3.8) is 0 Å². The van der Waals surface area contributed by atoms with Gasteiger partial charge in [0.25, 0.3) is 5.91 Å². The molecule has 0 radical (unpaired) electrons. The molecule has 0 spiro atoms. The molecule has 0 saturated carbocycles. The van der Waals surface area contributed by atoms with E-state index in [9.17, 15) is 14.0 Å². The lowest BCUT2D eigenvalue weighted by Gasteiger charge is -2.14. The van der Waals surface area contributed by atoms with Gasteiger partial charge in [0.2, 0.25) is 5.75 Å². The maximum atomic E-state index is 13.3. The van der Waals surface area contributed by atoms with Crippen LogP contribution in [0, 0.1) is 5.82 Å². The number of hydrogen-bond acceptors (Lipinski definition) is 7. The van der Waals surface area contributed by atoms with E-state index in [1.165, 1.54) is 57.9 Å². The maximum absolute atomic E-state index is 13.3. The van der Waals surface area contributed by atoms with Crippen molar-refractivity contribution in [1.29, 1.82) is 0 Å². The van der Waals surface area contributed by atoms with Crippen LogP contribution in [0.3, 0.4) is 0 Å². The average molecular weight is 452 g/mol. The summed E-state index contributed by atoms with van der Waals surface area (Å²) >= 11 is 0. The van der Waals surface area contributed by atoms with Crippen molar-refractivity contribution in [3.8, 4) is 23.0 Å². The number of carbonyl (C=O) groups is 2. The van der Waals surface area contributed by atoms with E-state index in [1.54, 1.807) is 24.3 Å². The Morgan fingerprint density at radius 1 is 0.848 bits per heavy atom. The standard InChI is InChI=1S/C24H21FN2O6/c1-30-20-12-17(13-21(31-2)22(20)32-3)24(29)33-19-10-5-4-7-16(19)14-26-27-23(28)15-8-6-9-18(25)11-15/h4-14H,1-3H3,(H,27,28)/b26-14-. The third-order valence-corrected chi connectivity index (χ3v) is 4.48. The van der Waals surface area contributed by atoms with Crippen LogP contribution in [-0.4, -0.2) is 39.4 Å². The van der Waals surface area contributed by atoms with E-state index in [0.717, 1.165) is 6.07 Å². The second-order valence-corrected chi connectivity index (χ2v) is 6.55. The summed E-state index contributed by atoms with van der Waals surface area (Å²) < 4.78 is 34.6. The zero-order chi connectivity index (χ0) is 23.8. The molecule has 8 nitrogen and oxygen atoms in total. The fourth-order valence-corrected chi connectivity index (χ4v) is 2.89. The molecule has 3 aromatic carbocycles. The summed E-state index contributed by atoms with van der Waals surface area (Å²) in [6.45, 7) is 0. The molecule has 1 amide bonds. The third-order valence-electron chi connectivity index (χ3n) is 4.48. The highest BCUT2D eigenvalue weighted by molar-refractivity contribution is 5.96. The number of amides is 1. The van der Waals surface area contributed by atoms with Gasteiger partial charge in [0.05, 0.1) is 33.1 Å². The van der Waals surface area contributed by atoms with E-state index in [0.29, 0.717) is 22.8 Å². The molecule has 0 unspecified atom stereocenters. The Hall–Kier alpha value is -4.40. The van der Waals surface area contributed by atoms with Gasteiger partial charge in [-0.25, -0.2) is 14.6 Å². The lowest BCUT2D eigenvalue weighted by Crippen LogP contribution is -2.17. The number of nitrogens with zero attached hydrogens (tertiary/aromatic N) is 1. The van der Waals surface area contributed by atoms with E-state index in [2.05, 4.69) is 10.5 Å². The Morgan fingerprint density at radius 3 is 2.18 bits per heavy atom. The van der Waals surface area contributed by atoms with Gasteiger partial charge < -0.3 is 18.9 Å². The Balaban J connectivity index is 1.77. The molecular weight excluding hydrogens is 431 g/mol. The van der Waals surface area contributed by atoms with Gasteiger partial charge in [-0.1, -0.05) is 18.2 Å². The number of hydrazone groups is 1. The van der Waals surface area contributed by atoms with Crippen LogP contribution < -0.4 is 24.4 Å². The van der Waals surface area contributed by atoms with Crippen molar-refractivity contribution in [2.24, 2.45) is 5.10 Å². The Labute approximate surface area is 189 Å². The molecule has 0 aromatic heterocycles. The molecular formula is C24H21FN2O6. The summed E-state index contributed by atoms with van der Waals surface area (Å²) in [4.78, 5) is 24.9. The molecule has 0 atom stereocenters. The van der Waals surface area contributed by atoms with Gasteiger partial charge in [0, 0.05) is 11.1 Å². The van der Waals surface area contributed by atoms with E-state index >= 15 is 0 Å². The predicted octanol–water partition coefficient (Wildman–Crippen LogP) is 3.83. The number of rotatable bonds is 8. The molecule has 0 bridgehead atoms. The number of hydrogen-bond donors (Lipinski definition) is 1. The monoisotopic (exact) mass is 452 g/mol. The summed E-state index contributed by atoms with van der Waals surface area (Å²) in [5.74, 6) is -0.622. The summed E-state index contributed by atoms with van der Waals surface area (Å²) in [6.07, 6.45) is 1.31. The van der Waals surface area contributed by atoms with Gasteiger partial charge in [-0.05, 0) is 42.5 Å². The first kappa shape index (κ1) is 23.3. The van der Waals surface area contributed by atoms with Crippen molar-refractivity contribution in [2.45, 2.75) is 0 Å². The van der Waals surface area contributed by atoms with Crippen LogP contribution in [0.2, 0.25) is 0 Å². The average Bonchev–Trinajstić information content (AvgIpc) is 2.83. The summed E-state index contributed by atoms with van der Waals surface area (Å²) in [5.41, 5.74) is 3.03. The number of methoxy groups -OCH3 is 3. The van der Waals surface area contributed by atoms with E-state index in [4.69, 9.17) is 18.9 Å². The maximum Gasteiger partial charge on any atom is 0.343 e. The lowest BCUT2D eigenvalue weighted by molar-refractivity contribution is 0.0733. The van der Waals surface area contributed by atoms with Crippen molar-refractivity contribution in [2.75, 3.05) is 21.3 Å². The lowest BCUT2D eigenvalue weighted by atomic mass is 10.1. The van der Waals surface area contributed by atoms with Gasteiger partial charge in [-0.15, -0.1) is 0 Å². The molecule has 0 fully saturated rings. The van der Waals surface area contributed by atoms with Crippen LogP contribution in [-0.2, 0) is 0 Å². The Bertz CT molecular complexity index is 1170. The number of ether oxygens (including phenoxy) is 4. The van der Waals surface area contributed by atoms with Gasteiger partial charge >= 0.3 is 5.97 Å².